The molecular formula is C27H30F2N2. The van der Waals surface area contributed by atoms with E-state index >= 15 is 8.78 Å². The van der Waals surface area contributed by atoms with Crippen molar-refractivity contribution in [1.29, 1.82) is 0 Å². The molecule has 4 unspecified atom stereocenters. The van der Waals surface area contributed by atoms with Gasteiger partial charge in [0, 0.05) is 34.7 Å². The summed E-state index contributed by atoms with van der Waals surface area (Å²) in [5, 5.41) is 1.16. The van der Waals surface area contributed by atoms with Crippen molar-refractivity contribution in [2.45, 2.75) is 52.1 Å². The fourth-order valence-corrected chi connectivity index (χ4v) is 5.79. The summed E-state index contributed by atoms with van der Waals surface area (Å²) in [4.78, 5) is 5.89. The molecule has 0 saturated heterocycles. The van der Waals surface area contributed by atoms with E-state index in [1.807, 2.05) is 18.2 Å². The molecule has 1 saturated carbocycles. The number of H-pyrrole nitrogens is 1. The Hall–Kier alpha value is -2.46. The molecule has 4 heteroatoms. The van der Waals surface area contributed by atoms with Gasteiger partial charge in [0.25, 0.3) is 0 Å². The van der Waals surface area contributed by atoms with Gasteiger partial charge in [-0.25, -0.2) is 8.78 Å². The molecule has 0 bridgehead atoms. The van der Waals surface area contributed by atoms with E-state index in [4.69, 9.17) is 0 Å². The summed E-state index contributed by atoms with van der Waals surface area (Å²) in [5.74, 6) is -0.358. The molecule has 2 aromatic carbocycles. The van der Waals surface area contributed by atoms with Crippen LogP contribution in [0.1, 0.15) is 62.0 Å². The van der Waals surface area contributed by atoms with Gasteiger partial charge in [-0.1, -0.05) is 44.7 Å². The van der Waals surface area contributed by atoms with Crippen molar-refractivity contribution >= 4 is 17.0 Å². The minimum atomic E-state index is -0.502. The first-order chi connectivity index (χ1) is 14.9. The number of para-hydroxylation sites is 1. The van der Waals surface area contributed by atoms with Crippen molar-refractivity contribution in [2.24, 2.45) is 11.3 Å². The summed E-state index contributed by atoms with van der Waals surface area (Å²) >= 11 is 0. The quantitative estimate of drug-likeness (QED) is 0.478. The number of benzene rings is 2. The number of hydrogen-bond donors (Lipinski definition) is 1. The lowest BCUT2D eigenvalue weighted by molar-refractivity contribution is 0.106. The zero-order valence-electron chi connectivity index (χ0n) is 18.5. The first-order valence-corrected chi connectivity index (χ1v) is 11.3. The van der Waals surface area contributed by atoms with Crippen LogP contribution in [0.5, 0.6) is 0 Å². The number of nitrogens with zero attached hydrogens (tertiary/aromatic N) is 1. The van der Waals surface area contributed by atoms with E-state index in [2.05, 4.69) is 43.3 Å². The van der Waals surface area contributed by atoms with Crippen LogP contribution in [-0.2, 0) is 6.42 Å². The molecule has 162 valence electrons. The molecule has 2 aliphatic rings. The van der Waals surface area contributed by atoms with Crippen LogP contribution in [0.25, 0.3) is 17.0 Å². The van der Waals surface area contributed by atoms with Gasteiger partial charge in [0.2, 0.25) is 0 Å². The van der Waals surface area contributed by atoms with Gasteiger partial charge in [0.1, 0.15) is 11.6 Å². The molecule has 3 aromatic rings. The topological polar surface area (TPSA) is 19.0 Å². The Morgan fingerprint density at radius 3 is 2.48 bits per heavy atom. The van der Waals surface area contributed by atoms with Crippen molar-refractivity contribution in [3.8, 4) is 0 Å². The molecule has 4 atom stereocenters. The number of halogens is 2. The Bertz CT molecular complexity index is 1140. The molecule has 2 heterocycles. The fourth-order valence-electron chi connectivity index (χ4n) is 5.79. The lowest BCUT2D eigenvalue weighted by Gasteiger charge is -2.43. The van der Waals surface area contributed by atoms with Gasteiger partial charge in [0.15, 0.2) is 0 Å². The molecular weight excluding hydrogens is 390 g/mol. The van der Waals surface area contributed by atoms with Gasteiger partial charge < -0.3 is 4.98 Å². The molecule has 0 spiro atoms. The molecule has 1 N–H and O–H groups in total. The van der Waals surface area contributed by atoms with Crippen molar-refractivity contribution in [3.05, 3.63) is 77.0 Å². The monoisotopic (exact) mass is 420 g/mol. The van der Waals surface area contributed by atoms with Gasteiger partial charge in [-0.3, -0.25) is 4.90 Å². The van der Waals surface area contributed by atoms with E-state index in [0.717, 1.165) is 36.0 Å². The van der Waals surface area contributed by atoms with E-state index in [-0.39, 0.29) is 17.0 Å². The normalized spacial score (nSPS) is 28.0. The summed E-state index contributed by atoms with van der Waals surface area (Å²) in [6.07, 6.45) is 4.63. The maximum absolute atomic E-state index is 15.4. The Balaban J connectivity index is 1.71. The number of aromatic amines is 1. The van der Waals surface area contributed by atoms with Crippen LogP contribution >= 0.6 is 0 Å². The fraction of sp³-hybridized carbons (Fsp3) is 0.407. The molecule has 1 aliphatic heterocycles. The number of fused-ring (bicyclic) bond motifs is 3. The zero-order valence-corrected chi connectivity index (χ0v) is 18.5. The SMILES string of the molecule is C=Cc1cc(F)c(C2c3[nH]c4ccccc4c3CC(C)N2CC2(CC)CC2C)c(F)c1. The van der Waals surface area contributed by atoms with Gasteiger partial charge in [0.05, 0.1) is 6.04 Å². The first kappa shape index (κ1) is 20.4. The highest BCUT2D eigenvalue weighted by Gasteiger charge is 2.52. The van der Waals surface area contributed by atoms with Crippen LogP contribution in [0, 0.1) is 23.0 Å². The predicted octanol–water partition coefficient (Wildman–Crippen LogP) is 6.86. The van der Waals surface area contributed by atoms with Crippen molar-refractivity contribution in [3.63, 3.8) is 0 Å². The number of nitrogens with one attached hydrogen (secondary N) is 1. The van der Waals surface area contributed by atoms with E-state index in [1.165, 1.54) is 30.2 Å². The molecule has 5 rings (SSSR count). The molecule has 0 radical (unpaired) electrons. The second-order valence-corrected chi connectivity index (χ2v) is 9.61. The van der Waals surface area contributed by atoms with Crippen LogP contribution < -0.4 is 0 Å². The largest absolute Gasteiger partial charge is 0.357 e. The highest BCUT2D eigenvalue weighted by Crippen LogP contribution is 2.57. The van der Waals surface area contributed by atoms with Crippen LogP contribution in [0.3, 0.4) is 0 Å². The minimum Gasteiger partial charge on any atom is -0.357 e. The lowest BCUT2D eigenvalue weighted by Crippen LogP contribution is -2.46. The van der Waals surface area contributed by atoms with Gasteiger partial charge in [-0.05, 0) is 66.8 Å². The minimum absolute atomic E-state index is 0.143. The summed E-state index contributed by atoms with van der Waals surface area (Å²) in [6, 6.07) is 10.7. The van der Waals surface area contributed by atoms with Crippen LogP contribution in [0.15, 0.2) is 43.0 Å². The average Bonchev–Trinajstić information content (AvgIpc) is 3.25. The van der Waals surface area contributed by atoms with Crippen molar-refractivity contribution in [1.82, 2.24) is 9.88 Å². The van der Waals surface area contributed by atoms with E-state index in [0.29, 0.717) is 11.5 Å². The maximum Gasteiger partial charge on any atom is 0.131 e. The van der Waals surface area contributed by atoms with Crippen molar-refractivity contribution < 1.29 is 8.78 Å². The third-order valence-electron chi connectivity index (χ3n) is 7.93. The Kier molecular flexibility index (Phi) is 4.82. The Labute approximate surface area is 183 Å². The second-order valence-electron chi connectivity index (χ2n) is 9.61. The number of rotatable bonds is 5. The van der Waals surface area contributed by atoms with E-state index in [9.17, 15) is 0 Å². The van der Waals surface area contributed by atoms with E-state index in [1.54, 1.807) is 0 Å². The highest BCUT2D eigenvalue weighted by molar-refractivity contribution is 5.85. The van der Waals surface area contributed by atoms with Crippen LogP contribution in [0.4, 0.5) is 8.78 Å². The Morgan fingerprint density at radius 1 is 1.19 bits per heavy atom. The summed E-state index contributed by atoms with van der Waals surface area (Å²) in [5.41, 5.74) is 3.99. The first-order valence-electron chi connectivity index (χ1n) is 11.3. The average molecular weight is 421 g/mol. The van der Waals surface area contributed by atoms with Crippen LogP contribution in [-0.4, -0.2) is 22.5 Å². The smallest absolute Gasteiger partial charge is 0.131 e. The predicted molar refractivity (Wildman–Crippen MR) is 123 cm³/mol. The standard InChI is InChI=1S/C27H30F2N2/c1-5-18-12-21(28)24(22(29)13-18)26-25-20(19-9-7-8-10-23(19)30-25)11-17(4)31(26)15-27(6-2)14-16(27)3/h5,7-10,12-13,16-17,26,30H,1,6,11,14-15H2,2-4H3. The molecule has 1 aromatic heterocycles. The van der Waals surface area contributed by atoms with Gasteiger partial charge in [-0.15, -0.1) is 0 Å². The van der Waals surface area contributed by atoms with E-state index < -0.39 is 17.7 Å². The second kappa shape index (κ2) is 7.30. The number of aromatic nitrogens is 1. The van der Waals surface area contributed by atoms with Gasteiger partial charge in [-0.2, -0.15) is 0 Å². The molecule has 1 aliphatic carbocycles. The Morgan fingerprint density at radius 2 is 1.87 bits per heavy atom. The third-order valence-corrected chi connectivity index (χ3v) is 7.93. The molecule has 0 amide bonds. The van der Waals surface area contributed by atoms with Crippen LogP contribution in [0.2, 0.25) is 0 Å². The maximum atomic E-state index is 15.4. The molecule has 31 heavy (non-hydrogen) atoms. The molecule has 2 nitrogen and oxygen atoms in total. The third kappa shape index (κ3) is 3.15. The van der Waals surface area contributed by atoms with Crippen molar-refractivity contribution in [2.75, 3.05) is 6.54 Å². The lowest BCUT2D eigenvalue weighted by atomic mass is 9.86. The highest BCUT2D eigenvalue weighted by atomic mass is 19.1. The summed E-state index contributed by atoms with van der Waals surface area (Å²) < 4.78 is 30.8. The number of hydrogen-bond acceptors (Lipinski definition) is 1. The zero-order chi connectivity index (χ0) is 21.9. The summed E-state index contributed by atoms with van der Waals surface area (Å²) in [6.45, 7) is 11.3. The summed E-state index contributed by atoms with van der Waals surface area (Å²) in [7, 11) is 0. The van der Waals surface area contributed by atoms with Gasteiger partial charge >= 0.3 is 0 Å². The molecule has 1 fully saturated rings.